The van der Waals surface area contributed by atoms with Crippen molar-refractivity contribution < 1.29 is 4.79 Å². The van der Waals surface area contributed by atoms with Crippen LogP contribution in [0.5, 0.6) is 0 Å². The lowest BCUT2D eigenvalue weighted by molar-refractivity contribution is -0.130. The molecule has 0 atom stereocenters. The number of hydrogen-bond donors (Lipinski definition) is 1. The molecule has 1 aliphatic rings. The van der Waals surface area contributed by atoms with Gasteiger partial charge in [-0.2, -0.15) is 0 Å². The number of amides is 1. The highest BCUT2D eigenvalue weighted by atomic mass is 16.2. The smallest absolute Gasteiger partial charge is 0.228 e. The van der Waals surface area contributed by atoms with Gasteiger partial charge in [-0.25, -0.2) is 4.98 Å². The third-order valence-electron chi connectivity index (χ3n) is 3.69. The molecule has 2 N–H and O–H groups in total. The molecule has 1 saturated heterocycles. The molecule has 22 heavy (non-hydrogen) atoms. The van der Waals surface area contributed by atoms with Crippen molar-refractivity contribution in [2.24, 2.45) is 0 Å². The van der Waals surface area contributed by atoms with E-state index in [-0.39, 0.29) is 5.91 Å². The molecular formula is C15H18N6O. The molecule has 3 rings (SSSR count). The lowest BCUT2D eigenvalue weighted by Gasteiger charge is -2.35. The number of rotatable bonds is 3. The zero-order chi connectivity index (χ0) is 15.4. The van der Waals surface area contributed by atoms with Gasteiger partial charge in [0.05, 0.1) is 24.5 Å². The Bertz CT molecular complexity index is 622. The topological polar surface area (TPSA) is 88.2 Å². The van der Waals surface area contributed by atoms with Gasteiger partial charge >= 0.3 is 0 Å². The van der Waals surface area contributed by atoms with Crippen molar-refractivity contribution in [3.05, 3.63) is 42.6 Å². The van der Waals surface area contributed by atoms with Crippen molar-refractivity contribution in [2.45, 2.75) is 6.42 Å². The normalized spacial score (nSPS) is 14.9. The molecular weight excluding hydrogens is 280 g/mol. The van der Waals surface area contributed by atoms with E-state index in [1.165, 1.54) is 0 Å². The Labute approximate surface area is 128 Å². The summed E-state index contributed by atoms with van der Waals surface area (Å²) in [4.78, 5) is 28.8. The van der Waals surface area contributed by atoms with Crippen LogP contribution in [0.15, 0.2) is 36.9 Å². The van der Waals surface area contributed by atoms with Gasteiger partial charge in [-0.1, -0.05) is 0 Å². The maximum Gasteiger partial charge on any atom is 0.228 e. The number of pyridine rings is 1. The molecule has 7 heteroatoms. The van der Waals surface area contributed by atoms with Crippen LogP contribution in [0.3, 0.4) is 0 Å². The SMILES string of the molecule is Nc1ccc(CC(=O)N2CCN(c3cnccn3)CC2)nc1. The van der Waals surface area contributed by atoms with Gasteiger partial charge in [0, 0.05) is 44.3 Å². The Morgan fingerprint density at radius 2 is 1.91 bits per heavy atom. The van der Waals surface area contributed by atoms with Gasteiger partial charge in [-0.05, 0) is 12.1 Å². The van der Waals surface area contributed by atoms with Crippen LogP contribution < -0.4 is 10.6 Å². The number of carbonyl (C=O) groups excluding carboxylic acids is 1. The summed E-state index contributed by atoms with van der Waals surface area (Å²) in [6.45, 7) is 2.90. The van der Waals surface area contributed by atoms with Gasteiger partial charge in [0.1, 0.15) is 5.82 Å². The highest BCUT2D eigenvalue weighted by Crippen LogP contribution is 2.12. The molecule has 2 aromatic heterocycles. The Morgan fingerprint density at radius 1 is 1.09 bits per heavy atom. The molecule has 1 aliphatic heterocycles. The molecule has 1 amide bonds. The summed E-state index contributed by atoms with van der Waals surface area (Å²) < 4.78 is 0. The van der Waals surface area contributed by atoms with Gasteiger partial charge in [-0.3, -0.25) is 14.8 Å². The molecule has 0 bridgehead atoms. The highest BCUT2D eigenvalue weighted by Gasteiger charge is 2.22. The summed E-state index contributed by atoms with van der Waals surface area (Å²) >= 11 is 0. The monoisotopic (exact) mass is 298 g/mol. The summed E-state index contributed by atoms with van der Waals surface area (Å²) in [5, 5.41) is 0. The number of nitrogens with zero attached hydrogens (tertiary/aromatic N) is 5. The van der Waals surface area contributed by atoms with Gasteiger partial charge in [-0.15, -0.1) is 0 Å². The van der Waals surface area contributed by atoms with Crippen molar-refractivity contribution in [1.29, 1.82) is 0 Å². The summed E-state index contributed by atoms with van der Waals surface area (Å²) in [6, 6.07) is 3.56. The number of aromatic nitrogens is 3. The predicted octanol–water partition coefficient (Wildman–Crippen LogP) is 0.345. The first-order valence-corrected chi connectivity index (χ1v) is 7.21. The summed E-state index contributed by atoms with van der Waals surface area (Å²) in [6.07, 6.45) is 6.97. The summed E-state index contributed by atoms with van der Waals surface area (Å²) in [5.41, 5.74) is 6.95. The molecule has 2 aromatic rings. The third kappa shape index (κ3) is 3.30. The Kier molecular flexibility index (Phi) is 4.13. The van der Waals surface area contributed by atoms with E-state index in [1.54, 1.807) is 36.9 Å². The molecule has 1 fully saturated rings. The first-order chi connectivity index (χ1) is 10.7. The van der Waals surface area contributed by atoms with Crippen molar-refractivity contribution in [1.82, 2.24) is 19.9 Å². The van der Waals surface area contributed by atoms with E-state index < -0.39 is 0 Å². The second kappa shape index (κ2) is 6.38. The fourth-order valence-corrected chi connectivity index (χ4v) is 2.45. The van der Waals surface area contributed by atoms with E-state index in [0.717, 1.165) is 24.6 Å². The second-order valence-electron chi connectivity index (χ2n) is 5.19. The maximum absolute atomic E-state index is 12.3. The number of anilines is 2. The Morgan fingerprint density at radius 3 is 2.55 bits per heavy atom. The number of piperazine rings is 1. The van der Waals surface area contributed by atoms with Crippen LogP contribution >= 0.6 is 0 Å². The number of nitrogen functional groups attached to an aromatic ring is 1. The quantitative estimate of drug-likeness (QED) is 0.879. The minimum atomic E-state index is 0.0936. The van der Waals surface area contributed by atoms with Crippen molar-refractivity contribution >= 4 is 17.4 Å². The molecule has 0 radical (unpaired) electrons. The van der Waals surface area contributed by atoms with Crippen LogP contribution in [0.1, 0.15) is 5.69 Å². The Balaban J connectivity index is 1.54. The lowest BCUT2D eigenvalue weighted by Crippen LogP contribution is -2.49. The number of nitrogens with two attached hydrogens (primary N) is 1. The molecule has 3 heterocycles. The lowest BCUT2D eigenvalue weighted by atomic mass is 10.2. The highest BCUT2D eigenvalue weighted by molar-refractivity contribution is 5.78. The largest absolute Gasteiger partial charge is 0.397 e. The van der Waals surface area contributed by atoms with Crippen molar-refractivity contribution in [3.63, 3.8) is 0 Å². The van der Waals surface area contributed by atoms with Crippen LogP contribution in [-0.2, 0) is 11.2 Å². The van der Waals surface area contributed by atoms with Crippen molar-refractivity contribution in [2.75, 3.05) is 36.8 Å². The maximum atomic E-state index is 12.3. The number of carbonyl (C=O) groups is 1. The van der Waals surface area contributed by atoms with E-state index in [2.05, 4.69) is 19.9 Å². The van der Waals surface area contributed by atoms with E-state index in [1.807, 2.05) is 4.90 Å². The van der Waals surface area contributed by atoms with E-state index in [4.69, 9.17) is 5.73 Å². The van der Waals surface area contributed by atoms with Crippen molar-refractivity contribution in [3.8, 4) is 0 Å². The first-order valence-electron chi connectivity index (χ1n) is 7.21. The standard InChI is InChI=1S/C15H18N6O/c16-12-1-2-13(19-10-12)9-15(22)21-7-5-20(6-8-21)14-11-17-3-4-18-14/h1-4,10-11H,5-9,16H2. The fraction of sp³-hybridized carbons (Fsp3) is 0.333. The molecule has 114 valence electrons. The molecule has 0 aromatic carbocycles. The van der Waals surface area contributed by atoms with Crippen LogP contribution in [-0.4, -0.2) is 51.9 Å². The molecule has 0 unspecified atom stereocenters. The van der Waals surface area contributed by atoms with Crippen LogP contribution in [0.4, 0.5) is 11.5 Å². The summed E-state index contributed by atoms with van der Waals surface area (Å²) in [7, 11) is 0. The Hall–Kier alpha value is -2.70. The molecule has 0 aliphatic carbocycles. The van der Waals surface area contributed by atoms with Crippen LogP contribution in [0.25, 0.3) is 0 Å². The van der Waals surface area contributed by atoms with E-state index in [9.17, 15) is 4.79 Å². The average molecular weight is 298 g/mol. The summed E-state index contributed by atoms with van der Waals surface area (Å²) in [5.74, 6) is 0.950. The van der Waals surface area contributed by atoms with Gasteiger partial charge < -0.3 is 15.5 Å². The van der Waals surface area contributed by atoms with Gasteiger partial charge in [0.15, 0.2) is 0 Å². The molecule has 0 spiro atoms. The second-order valence-corrected chi connectivity index (χ2v) is 5.19. The van der Waals surface area contributed by atoms with Crippen LogP contribution in [0.2, 0.25) is 0 Å². The zero-order valence-electron chi connectivity index (χ0n) is 12.2. The average Bonchev–Trinajstić information content (AvgIpc) is 2.58. The third-order valence-corrected chi connectivity index (χ3v) is 3.69. The van der Waals surface area contributed by atoms with E-state index >= 15 is 0 Å². The van der Waals surface area contributed by atoms with Gasteiger partial charge in [0.2, 0.25) is 5.91 Å². The fourth-order valence-electron chi connectivity index (χ4n) is 2.45. The number of hydrogen-bond acceptors (Lipinski definition) is 6. The van der Waals surface area contributed by atoms with Crippen LogP contribution in [0, 0.1) is 0 Å². The van der Waals surface area contributed by atoms with Gasteiger partial charge in [0.25, 0.3) is 0 Å². The first kappa shape index (κ1) is 14.2. The minimum Gasteiger partial charge on any atom is -0.397 e. The zero-order valence-corrected chi connectivity index (χ0v) is 12.2. The van der Waals surface area contributed by atoms with E-state index in [0.29, 0.717) is 25.2 Å². The predicted molar refractivity (Wildman–Crippen MR) is 83.2 cm³/mol. The molecule has 7 nitrogen and oxygen atoms in total. The molecule has 0 saturated carbocycles. The minimum absolute atomic E-state index is 0.0936.